The van der Waals surface area contributed by atoms with Crippen molar-refractivity contribution < 1.29 is 14.3 Å². The molecule has 2 rings (SSSR count). The van der Waals surface area contributed by atoms with Gasteiger partial charge in [0.1, 0.15) is 5.75 Å². The predicted octanol–water partition coefficient (Wildman–Crippen LogP) is 3.38. The van der Waals surface area contributed by atoms with E-state index in [4.69, 9.17) is 21.1 Å². The van der Waals surface area contributed by atoms with E-state index in [0.29, 0.717) is 16.7 Å². The number of carbonyl (C=O) groups excluding carboxylic acids is 1. The SMILES string of the molecule is COCCC1CCN(C(=O)[C@@H](C)Oc2cccc(Cl)c2)CC1. The van der Waals surface area contributed by atoms with Crippen molar-refractivity contribution in [1.82, 2.24) is 4.90 Å². The Hall–Kier alpha value is -1.26. The van der Waals surface area contributed by atoms with Crippen LogP contribution < -0.4 is 4.74 Å². The molecule has 4 nitrogen and oxygen atoms in total. The summed E-state index contributed by atoms with van der Waals surface area (Å²) in [7, 11) is 1.73. The number of nitrogens with zero attached hydrogens (tertiary/aromatic N) is 1. The van der Waals surface area contributed by atoms with Crippen LogP contribution in [0, 0.1) is 5.92 Å². The molecule has 1 atom stereocenters. The van der Waals surface area contributed by atoms with Crippen molar-refractivity contribution in [3.8, 4) is 5.75 Å². The van der Waals surface area contributed by atoms with E-state index >= 15 is 0 Å². The van der Waals surface area contributed by atoms with E-state index in [2.05, 4.69) is 0 Å². The van der Waals surface area contributed by atoms with E-state index in [-0.39, 0.29) is 5.91 Å². The molecule has 0 aliphatic carbocycles. The van der Waals surface area contributed by atoms with Crippen LogP contribution in [0.3, 0.4) is 0 Å². The number of hydrogen-bond donors (Lipinski definition) is 0. The van der Waals surface area contributed by atoms with Crippen molar-refractivity contribution in [1.29, 1.82) is 0 Å². The fourth-order valence-corrected chi connectivity index (χ4v) is 2.96. The van der Waals surface area contributed by atoms with Gasteiger partial charge in [0, 0.05) is 31.8 Å². The molecule has 0 spiro atoms. The normalized spacial score (nSPS) is 17.3. The van der Waals surface area contributed by atoms with Crippen molar-refractivity contribution in [3.63, 3.8) is 0 Å². The highest BCUT2D eigenvalue weighted by atomic mass is 35.5. The van der Waals surface area contributed by atoms with Crippen molar-refractivity contribution in [2.45, 2.75) is 32.3 Å². The topological polar surface area (TPSA) is 38.8 Å². The summed E-state index contributed by atoms with van der Waals surface area (Å²) in [6, 6.07) is 7.14. The smallest absolute Gasteiger partial charge is 0.263 e. The summed E-state index contributed by atoms with van der Waals surface area (Å²) in [4.78, 5) is 14.4. The largest absolute Gasteiger partial charge is 0.481 e. The summed E-state index contributed by atoms with van der Waals surface area (Å²) in [5, 5.41) is 0.608. The number of carbonyl (C=O) groups is 1. The van der Waals surface area contributed by atoms with Crippen LogP contribution in [0.5, 0.6) is 5.75 Å². The molecule has 0 bridgehead atoms. The molecule has 1 aliphatic heterocycles. The molecule has 1 aliphatic rings. The number of halogens is 1. The molecule has 1 fully saturated rings. The number of ether oxygens (including phenoxy) is 2. The third-order valence-corrected chi connectivity index (χ3v) is 4.35. The summed E-state index contributed by atoms with van der Waals surface area (Å²) < 4.78 is 10.8. The van der Waals surface area contributed by atoms with Crippen LogP contribution in [0.15, 0.2) is 24.3 Å². The summed E-state index contributed by atoms with van der Waals surface area (Å²) in [6.07, 6.45) is 2.67. The van der Waals surface area contributed by atoms with E-state index < -0.39 is 6.10 Å². The quantitative estimate of drug-likeness (QED) is 0.804. The van der Waals surface area contributed by atoms with Crippen LogP contribution in [0.1, 0.15) is 26.2 Å². The van der Waals surface area contributed by atoms with E-state index in [1.165, 1.54) is 0 Å². The Morgan fingerprint density at radius 1 is 1.41 bits per heavy atom. The van der Waals surface area contributed by atoms with Crippen molar-refractivity contribution in [3.05, 3.63) is 29.3 Å². The standard InChI is InChI=1S/C17H24ClNO3/c1-13(22-16-5-3-4-15(18)12-16)17(20)19-9-6-14(7-10-19)8-11-21-2/h3-5,12-14H,6-11H2,1-2H3/t13-/m1/s1. The lowest BCUT2D eigenvalue weighted by molar-refractivity contribution is -0.139. The Balaban J connectivity index is 1.81. The molecule has 5 heteroatoms. The zero-order valence-corrected chi connectivity index (χ0v) is 14.0. The fraction of sp³-hybridized carbons (Fsp3) is 0.588. The van der Waals surface area contributed by atoms with Gasteiger partial charge >= 0.3 is 0 Å². The third kappa shape index (κ3) is 4.89. The molecule has 1 amide bonds. The fourth-order valence-electron chi connectivity index (χ4n) is 2.78. The molecule has 0 N–H and O–H groups in total. The van der Waals surface area contributed by atoms with Crippen molar-refractivity contribution in [2.24, 2.45) is 5.92 Å². The highest BCUT2D eigenvalue weighted by Crippen LogP contribution is 2.22. The number of methoxy groups -OCH3 is 1. The van der Waals surface area contributed by atoms with E-state index in [1.54, 1.807) is 26.2 Å². The van der Waals surface area contributed by atoms with Gasteiger partial charge in [-0.25, -0.2) is 0 Å². The Labute approximate surface area is 137 Å². The minimum atomic E-state index is -0.492. The summed E-state index contributed by atoms with van der Waals surface area (Å²) in [6.45, 7) is 4.19. The first-order chi connectivity index (χ1) is 10.6. The highest BCUT2D eigenvalue weighted by Gasteiger charge is 2.26. The van der Waals surface area contributed by atoms with Crippen LogP contribution in [0.25, 0.3) is 0 Å². The molecule has 0 saturated carbocycles. The molecule has 0 aromatic heterocycles. The minimum Gasteiger partial charge on any atom is -0.481 e. The number of benzene rings is 1. The predicted molar refractivity (Wildman–Crippen MR) is 87.3 cm³/mol. The van der Waals surface area contributed by atoms with Gasteiger partial charge in [0.15, 0.2) is 6.10 Å². The van der Waals surface area contributed by atoms with Crippen LogP contribution in [-0.4, -0.2) is 43.7 Å². The Morgan fingerprint density at radius 2 is 2.14 bits per heavy atom. The maximum absolute atomic E-state index is 12.5. The molecule has 1 heterocycles. The molecular weight excluding hydrogens is 302 g/mol. The number of hydrogen-bond acceptors (Lipinski definition) is 3. The van der Waals surface area contributed by atoms with Gasteiger partial charge in [-0.2, -0.15) is 0 Å². The molecule has 122 valence electrons. The van der Waals surface area contributed by atoms with E-state index in [9.17, 15) is 4.79 Å². The lowest BCUT2D eigenvalue weighted by atomic mass is 9.94. The minimum absolute atomic E-state index is 0.0465. The zero-order chi connectivity index (χ0) is 15.9. The molecule has 0 unspecified atom stereocenters. The molecular formula is C17H24ClNO3. The second-order valence-electron chi connectivity index (χ2n) is 5.77. The number of rotatable bonds is 6. The number of piperidine rings is 1. The molecule has 22 heavy (non-hydrogen) atoms. The lowest BCUT2D eigenvalue weighted by Gasteiger charge is -2.33. The Bertz CT molecular complexity index is 487. The summed E-state index contributed by atoms with van der Waals surface area (Å²) >= 11 is 5.93. The van der Waals surface area contributed by atoms with Crippen LogP contribution in [-0.2, 0) is 9.53 Å². The van der Waals surface area contributed by atoms with Crippen LogP contribution >= 0.6 is 11.6 Å². The van der Waals surface area contributed by atoms with Gasteiger partial charge in [-0.3, -0.25) is 4.79 Å². The third-order valence-electron chi connectivity index (χ3n) is 4.11. The van der Waals surface area contributed by atoms with Gasteiger partial charge < -0.3 is 14.4 Å². The second-order valence-corrected chi connectivity index (χ2v) is 6.20. The monoisotopic (exact) mass is 325 g/mol. The van der Waals surface area contributed by atoms with E-state index in [0.717, 1.165) is 39.0 Å². The highest BCUT2D eigenvalue weighted by molar-refractivity contribution is 6.30. The van der Waals surface area contributed by atoms with Gasteiger partial charge in [-0.05, 0) is 50.3 Å². The Kier molecular flexibility index (Phi) is 6.52. The summed E-state index contributed by atoms with van der Waals surface area (Å²) in [5.74, 6) is 1.33. The molecule has 0 radical (unpaired) electrons. The average molecular weight is 326 g/mol. The Morgan fingerprint density at radius 3 is 2.77 bits per heavy atom. The van der Waals surface area contributed by atoms with Gasteiger partial charge in [-0.15, -0.1) is 0 Å². The van der Waals surface area contributed by atoms with Gasteiger partial charge in [0.25, 0.3) is 5.91 Å². The van der Waals surface area contributed by atoms with Crippen molar-refractivity contribution >= 4 is 17.5 Å². The van der Waals surface area contributed by atoms with Crippen molar-refractivity contribution in [2.75, 3.05) is 26.8 Å². The van der Waals surface area contributed by atoms with E-state index in [1.807, 2.05) is 17.0 Å². The maximum atomic E-state index is 12.5. The first-order valence-electron chi connectivity index (χ1n) is 7.80. The molecule has 1 saturated heterocycles. The second kappa shape index (κ2) is 8.39. The molecule has 1 aromatic rings. The average Bonchev–Trinajstić information content (AvgIpc) is 2.52. The maximum Gasteiger partial charge on any atom is 0.263 e. The first kappa shape index (κ1) is 17.1. The zero-order valence-electron chi connectivity index (χ0n) is 13.3. The summed E-state index contributed by atoms with van der Waals surface area (Å²) in [5.41, 5.74) is 0. The van der Waals surface area contributed by atoms with Gasteiger partial charge in [0.2, 0.25) is 0 Å². The number of likely N-dealkylation sites (tertiary alicyclic amines) is 1. The van der Waals surface area contributed by atoms with Crippen LogP contribution in [0.2, 0.25) is 5.02 Å². The number of amides is 1. The lowest BCUT2D eigenvalue weighted by Crippen LogP contribution is -2.44. The van der Waals surface area contributed by atoms with Gasteiger partial charge in [-0.1, -0.05) is 17.7 Å². The van der Waals surface area contributed by atoms with Gasteiger partial charge in [0.05, 0.1) is 0 Å². The first-order valence-corrected chi connectivity index (χ1v) is 8.18. The van der Waals surface area contributed by atoms with Crippen LogP contribution in [0.4, 0.5) is 0 Å². The molecule has 1 aromatic carbocycles.